The molecule has 1 aliphatic rings. The predicted molar refractivity (Wildman–Crippen MR) is 110 cm³/mol. The van der Waals surface area contributed by atoms with E-state index in [0.717, 1.165) is 24.8 Å². The Hall–Kier alpha value is -2.50. The van der Waals surface area contributed by atoms with Gasteiger partial charge in [-0.3, -0.25) is 9.59 Å². The SMILES string of the molecule is CCN(CC)C(=O)C1(NC(=O)/C=C/c2ccc(OC)cc2OC)CCCCC1. The summed E-state index contributed by atoms with van der Waals surface area (Å²) in [4.78, 5) is 27.6. The second-order valence-corrected chi connectivity index (χ2v) is 7.05. The van der Waals surface area contributed by atoms with Gasteiger partial charge in [0.15, 0.2) is 0 Å². The van der Waals surface area contributed by atoms with Crippen LogP contribution in [0.3, 0.4) is 0 Å². The molecule has 0 saturated heterocycles. The molecule has 6 heteroatoms. The molecule has 1 saturated carbocycles. The van der Waals surface area contributed by atoms with Crippen molar-refractivity contribution in [3.8, 4) is 11.5 Å². The third-order valence-corrected chi connectivity index (χ3v) is 5.38. The topological polar surface area (TPSA) is 67.9 Å². The lowest BCUT2D eigenvalue weighted by molar-refractivity contribution is -0.142. The molecule has 1 aromatic rings. The van der Waals surface area contributed by atoms with Gasteiger partial charge in [0.25, 0.3) is 0 Å². The average Bonchev–Trinajstić information content (AvgIpc) is 2.73. The highest BCUT2D eigenvalue weighted by Gasteiger charge is 2.42. The zero-order valence-corrected chi connectivity index (χ0v) is 17.4. The zero-order chi connectivity index (χ0) is 20.6. The molecule has 28 heavy (non-hydrogen) atoms. The first kappa shape index (κ1) is 21.8. The second-order valence-electron chi connectivity index (χ2n) is 7.05. The number of hydrogen-bond donors (Lipinski definition) is 1. The lowest BCUT2D eigenvalue weighted by atomic mass is 9.80. The molecular weight excluding hydrogens is 356 g/mol. The minimum Gasteiger partial charge on any atom is -0.497 e. The van der Waals surface area contributed by atoms with Crippen molar-refractivity contribution in [1.29, 1.82) is 0 Å². The molecule has 0 atom stereocenters. The monoisotopic (exact) mass is 388 g/mol. The van der Waals surface area contributed by atoms with Crippen LogP contribution in [0.4, 0.5) is 0 Å². The number of benzene rings is 1. The van der Waals surface area contributed by atoms with E-state index in [4.69, 9.17) is 9.47 Å². The molecule has 0 spiro atoms. The van der Waals surface area contributed by atoms with Gasteiger partial charge in [0.05, 0.1) is 14.2 Å². The number of rotatable bonds is 8. The summed E-state index contributed by atoms with van der Waals surface area (Å²) in [6.07, 6.45) is 7.54. The quantitative estimate of drug-likeness (QED) is 0.693. The minimum absolute atomic E-state index is 0.0287. The summed E-state index contributed by atoms with van der Waals surface area (Å²) in [5.74, 6) is 1.07. The van der Waals surface area contributed by atoms with Crippen LogP contribution in [0.15, 0.2) is 24.3 Å². The molecule has 1 aliphatic carbocycles. The highest BCUT2D eigenvalue weighted by Crippen LogP contribution is 2.30. The van der Waals surface area contributed by atoms with Crippen LogP contribution in [-0.2, 0) is 9.59 Å². The second kappa shape index (κ2) is 10.2. The van der Waals surface area contributed by atoms with Crippen LogP contribution in [0, 0.1) is 0 Å². The summed E-state index contributed by atoms with van der Waals surface area (Å²) >= 11 is 0. The van der Waals surface area contributed by atoms with Crippen molar-refractivity contribution in [2.45, 2.75) is 51.5 Å². The van der Waals surface area contributed by atoms with Crippen molar-refractivity contribution in [2.24, 2.45) is 0 Å². The van der Waals surface area contributed by atoms with E-state index in [1.54, 1.807) is 26.4 Å². The average molecular weight is 389 g/mol. The van der Waals surface area contributed by atoms with Crippen LogP contribution >= 0.6 is 0 Å². The normalized spacial score (nSPS) is 15.9. The Labute approximate surface area is 167 Å². The van der Waals surface area contributed by atoms with Crippen LogP contribution in [0.1, 0.15) is 51.5 Å². The van der Waals surface area contributed by atoms with Gasteiger partial charge >= 0.3 is 0 Å². The molecule has 0 aromatic heterocycles. The first-order valence-corrected chi connectivity index (χ1v) is 10.0. The fraction of sp³-hybridized carbons (Fsp3) is 0.545. The number of carbonyl (C=O) groups is 2. The van der Waals surface area contributed by atoms with Gasteiger partial charge in [-0.05, 0) is 44.9 Å². The predicted octanol–water partition coefficient (Wildman–Crippen LogP) is 3.40. The number of amides is 2. The minimum atomic E-state index is -0.796. The number of methoxy groups -OCH3 is 2. The summed E-state index contributed by atoms with van der Waals surface area (Å²) in [5.41, 5.74) is -0.0263. The van der Waals surface area contributed by atoms with E-state index < -0.39 is 5.54 Å². The smallest absolute Gasteiger partial charge is 0.248 e. The fourth-order valence-electron chi connectivity index (χ4n) is 3.76. The Balaban J connectivity index is 2.18. The maximum atomic E-state index is 13.1. The van der Waals surface area contributed by atoms with Gasteiger partial charge in [-0.2, -0.15) is 0 Å². The third-order valence-electron chi connectivity index (χ3n) is 5.38. The molecule has 1 fully saturated rings. The Morgan fingerprint density at radius 2 is 1.79 bits per heavy atom. The van der Waals surface area contributed by atoms with E-state index in [1.807, 2.05) is 30.9 Å². The van der Waals surface area contributed by atoms with Gasteiger partial charge in [0.1, 0.15) is 17.0 Å². The van der Waals surface area contributed by atoms with E-state index in [2.05, 4.69) is 5.32 Å². The van der Waals surface area contributed by atoms with Crippen LogP contribution < -0.4 is 14.8 Å². The van der Waals surface area contributed by atoms with Crippen LogP contribution in [0.25, 0.3) is 6.08 Å². The Kier molecular flexibility index (Phi) is 7.91. The van der Waals surface area contributed by atoms with Crippen LogP contribution in [0.5, 0.6) is 11.5 Å². The molecule has 2 rings (SSSR count). The van der Waals surface area contributed by atoms with E-state index >= 15 is 0 Å². The highest BCUT2D eigenvalue weighted by molar-refractivity contribution is 5.97. The molecule has 0 heterocycles. The molecule has 0 unspecified atom stereocenters. The van der Waals surface area contributed by atoms with Crippen LogP contribution in [-0.4, -0.2) is 49.6 Å². The molecule has 2 amide bonds. The highest BCUT2D eigenvalue weighted by atomic mass is 16.5. The van der Waals surface area contributed by atoms with E-state index in [1.165, 1.54) is 6.08 Å². The van der Waals surface area contributed by atoms with Gasteiger partial charge < -0.3 is 19.7 Å². The molecule has 0 bridgehead atoms. The van der Waals surface area contributed by atoms with Gasteiger partial charge in [-0.15, -0.1) is 0 Å². The van der Waals surface area contributed by atoms with Crippen LogP contribution in [0.2, 0.25) is 0 Å². The number of nitrogens with one attached hydrogen (secondary N) is 1. The van der Waals surface area contributed by atoms with Crippen molar-refractivity contribution in [3.05, 3.63) is 29.8 Å². The Bertz CT molecular complexity index is 704. The summed E-state index contributed by atoms with van der Waals surface area (Å²) in [7, 11) is 3.17. The number of carbonyl (C=O) groups excluding carboxylic acids is 2. The molecule has 154 valence electrons. The van der Waals surface area contributed by atoms with Crippen molar-refractivity contribution >= 4 is 17.9 Å². The van der Waals surface area contributed by atoms with Gasteiger partial charge in [0, 0.05) is 30.8 Å². The van der Waals surface area contributed by atoms with E-state index in [-0.39, 0.29) is 11.8 Å². The maximum absolute atomic E-state index is 13.1. The standard InChI is InChI=1S/C22H32N2O4/c1-5-24(6-2)21(26)22(14-8-7-9-15-22)23-20(25)13-11-17-10-12-18(27-3)16-19(17)28-4/h10-13,16H,5-9,14-15H2,1-4H3,(H,23,25)/b13-11+. The summed E-state index contributed by atoms with van der Waals surface area (Å²) < 4.78 is 10.6. The first-order valence-electron chi connectivity index (χ1n) is 10.0. The molecule has 1 aromatic carbocycles. The van der Waals surface area contributed by atoms with E-state index in [9.17, 15) is 9.59 Å². The molecule has 6 nitrogen and oxygen atoms in total. The summed E-state index contributed by atoms with van der Waals surface area (Å²) in [5, 5.41) is 3.03. The van der Waals surface area contributed by atoms with Crippen molar-refractivity contribution in [2.75, 3.05) is 27.3 Å². The van der Waals surface area contributed by atoms with Crippen molar-refractivity contribution in [3.63, 3.8) is 0 Å². The molecule has 0 radical (unpaired) electrons. The fourth-order valence-corrected chi connectivity index (χ4v) is 3.76. The molecule has 0 aliphatic heterocycles. The number of nitrogens with zero attached hydrogens (tertiary/aromatic N) is 1. The lowest BCUT2D eigenvalue weighted by Crippen LogP contribution is -2.60. The zero-order valence-electron chi connectivity index (χ0n) is 17.4. The third kappa shape index (κ3) is 5.06. The maximum Gasteiger partial charge on any atom is 0.248 e. The van der Waals surface area contributed by atoms with Gasteiger partial charge in [-0.1, -0.05) is 19.3 Å². The Morgan fingerprint density at radius 3 is 2.36 bits per heavy atom. The first-order chi connectivity index (χ1) is 13.5. The summed E-state index contributed by atoms with van der Waals surface area (Å²) in [6, 6.07) is 5.41. The number of ether oxygens (including phenoxy) is 2. The molecule has 1 N–H and O–H groups in total. The Morgan fingerprint density at radius 1 is 1.11 bits per heavy atom. The van der Waals surface area contributed by atoms with Gasteiger partial charge in [-0.25, -0.2) is 0 Å². The largest absolute Gasteiger partial charge is 0.497 e. The molecular formula is C22H32N2O4. The van der Waals surface area contributed by atoms with Gasteiger partial charge in [0.2, 0.25) is 11.8 Å². The lowest BCUT2D eigenvalue weighted by Gasteiger charge is -2.39. The van der Waals surface area contributed by atoms with Crippen molar-refractivity contribution in [1.82, 2.24) is 10.2 Å². The number of likely N-dealkylation sites (N-methyl/N-ethyl adjacent to an activating group) is 1. The number of hydrogen-bond acceptors (Lipinski definition) is 4. The van der Waals surface area contributed by atoms with Crippen molar-refractivity contribution < 1.29 is 19.1 Å². The summed E-state index contributed by atoms with van der Waals surface area (Å²) in [6.45, 7) is 5.23. The van der Waals surface area contributed by atoms with E-state index in [0.29, 0.717) is 37.4 Å².